The minimum Gasteiger partial charge on any atom is -0.494 e. The molecule has 0 aliphatic carbocycles. The number of cyclic esters (lactones) is 1. The minimum atomic E-state index is -1.18. The number of alkyl carbamates (subject to hydrolysis) is 1. The summed E-state index contributed by atoms with van der Waals surface area (Å²) in [6, 6.07) is 12.7. The highest BCUT2D eigenvalue weighted by molar-refractivity contribution is 6.76. The Kier molecular flexibility index (Phi) is 6.99. The molecule has 33 heavy (non-hydrogen) atoms. The fourth-order valence-corrected chi connectivity index (χ4v) is 4.38. The molecule has 3 heterocycles. The summed E-state index contributed by atoms with van der Waals surface area (Å²) in [5, 5.41) is 8.50. The van der Waals surface area contributed by atoms with Crippen LogP contribution in [0, 0.1) is 0 Å². The molecule has 1 unspecified atom stereocenters. The first kappa shape index (κ1) is 23.3. The summed E-state index contributed by atoms with van der Waals surface area (Å²) in [5.41, 5.74) is 3.12. The van der Waals surface area contributed by atoms with Gasteiger partial charge in [0.25, 0.3) is 0 Å². The van der Waals surface area contributed by atoms with Gasteiger partial charge in [0.2, 0.25) is 0 Å². The summed E-state index contributed by atoms with van der Waals surface area (Å²) in [7, 11) is -1.18. The quantitative estimate of drug-likeness (QED) is 0.420. The smallest absolute Gasteiger partial charge is 0.407 e. The molecule has 1 aliphatic heterocycles. The number of hydrogen-bond acceptors (Lipinski definition) is 6. The summed E-state index contributed by atoms with van der Waals surface area (Å²) >= 11 is 0. The standard InChI is InChI=1S/C24H32N4O4Si/c1-17-20-7-5-8-22(26-20)23-19-15-18(31-12-6-11-25-24(29)32-17)9-10-21(19)27-28(23)16-30-13-14-33(2,3)4/h5,7-10,15,17H,6,11-14,16H2,1-4H3,(H,25,29). The Balaban J connectivity index is 1.74. The number of ether oxygens (including phenoxy) is 3. The van der Waals surface area contributed by atoms with E-state index < -0.39 is 20.3 Å². The van der Waals surface area contributed by atoms with E-state index in [1.165, 1.54) is 0 Å². The van der Waals surface area contributed by atoms with Crippen LogP contribution in [0.4, 0.5) is 4.79 Å². The first-order valence-corrected chi connectivity index (χ1v) is 15.1. The second-order valence-corrected chi connectivity index (χ2v) is 15.1. The summed E-state index contributed by atoms with van der Waals surface area (Å²) < 4.78 is 19.3. The molecule has 0 spiro atoms. The van der Waals surface area contributed by atoms with Gasteiger partial charge in [0.1, 0.15) is 18.6 Å². The Morgan fingerprint density at radius 3 is 2.91 bits per heavy atom. The zero-order chi connectivity index (χ0) is 23.4. The van der Waals surface area contributed by atoms with Crippen molar-refractivity contribution < 1.29 is 19.0 Å². The van der Waals surface area contributed by atoms with Crippen molar-refractivity contribution in [2.45, 2.75) is 51.9 Å². The second-order valence-electron chi connectivity index (χ2n) is 9.50. The molecule has 1 amide bonds. The summed E-state index contributed by atoms with van der Waals surface area (Å²) in [4.78, 5) is 17.0. The van der Waals surface area contributed by atoms with Crippen LogP contribution in [0.25, 0.3) is 22.3 Å². The molecule has 0 fully saturated rings. The SMILES string of the molecule is CC1OC(=O)NCCCOc2ccc3nn(COCC[Si](C)(C)C)c(c3c2)-c2cccc1n2. The average Bonchev–Trinajstić information content (AvgIpc) is 3.13. The lowest BCUT2D eigenvalue weighted by Crippen LogP contribution is -2.27. The van der Waals surface area contributed by atoms with Crippen LogP contribution in [0.2, 0.25) is 25.7 Å². The molecule has 9 heteroatoms. The Hall–Kier alpha value is -2.91. The van der Waals surface area contributed by atoms with Crippen molar-refractivity contribution in [1.29, 1.82) is 0 Å². The lowest BCUT2D eigenvalue weighted by molar-refractivity contribution is 0.0802. The van der Waals surface area contributed by atoms with Gasteiger partial charge in [-0.1, -0.05) is 25.7 Å². The van der Waals surface area contributed by atoms with Gasteiger partial charge in [0.15, 0.2) is 0 Å². The van der Waals surface area contributed by atoms with Gasteiger partial charge in [0, 0.05) is 26.6 Å². The molecule has 8 nitrogen and oxygen atoms in total. The van der Waals surface area contributed by atoms with Crippen LogP contribution in [0.5, 0.6) is 5.75 Å². The van der Waals surface area contributed by atoms with E-state index in [0.29, 0.717) is 38.6 Å². The lowest BCUT2D eigenvalue weighted by atomic mass is 10.1. The molecule has 0 radical (unpaired) electrons. The molecule has 3 aromatic rings. The number of fused-ring (bicyclic) bond motifs is 4. The predicted octanol–water partition coefficient (Wildman–Crippen LogP) is 4.98. The van der Waals surface area contributed by atoms with Crippen LogP contribution in [0.15, 0.2) is 36.4 Å². The third-order valence-electron chi connectivity index (χ3n) is 5.49. The number of nitrogens with one attached hydrogen (secondary N) is 1. The van der Waals surface area contributed by atoms with Crippen LogP contribution >= 0.6 is 0 Å². The monoisotopic (exact) mass is 468 g/mol. The van der Waals surface area contributed by atoms with Crippen molar-refractivity contribution in [3.05, 3.63) is 42.1 Å². The molecule has 176 valence electrons. The Bertz CT molecular complexity index is 1130. The van der Waals surface area contributed by atoms with Gasteiger partial charge in [-0.05, 0) is 49.7 Å². The zero-order valence-electron chi connectivity index (χ0n) is 19.8. The van der Waals surface area contributed by atoms with Gasteiger partial charge < -0.3 is 19.5 Å². The van der Waals surface area contributed by atoms with E-state index in [-0.39, 0.29) is 0 Å². The van der Waals surface area contributed by atoms with Crippen molar-refractivity contribution in [3.63, 3.8) is 0 Å². The molecule has 1 N–H and O–H groups in total. The van der Waals surface area contributed by atoms with Crippen molar-refractivity contribution in [3.8, 4) is 17.1 Å². The van der Waals surface area contributed by atoms with Crippen LogP contribution in [-0.2, 0) is 16.2 Å². The maximum absolute atomic E-state index is 12.1. The third-order valence-corrected chi connectivity index (χ3v) is 7.20. The number of carbonyl (C=O) groups excluding carboxylic acids is 1. The summed E-state index contributed by atoms with van der Waals surface area (Å²) in [6.07, 6.45) is -0.282. The number of rotatable bonds is 5. The molecular weight excluding hydrogens is 436 g/mol. The predicted molar refractivity (Wildman–Crippen MR) is 130 cm³/mol. The maximum atomic E-state index is 12.1. The second kappa shape index (κ2) is 9.92. The number of aromatic nitrogens is 3. The van der Waals surface area contributed by atoms with Crippen LogP contribution in [0.1, 0.15) is 25.1 Å². The minimum absolute atomic E-state index is 0.338. The molecule has 4 rings (SSSR count). The maximum Gasteiger partial charge on any atom is 0.407 e. The van der Waals surface area contributed by atoms with Crippen molar-refractivity contribution in [2.24, 2.45) is 0 Å². The van der Waals surface area contributed by atoms with Gasteiger partial charge in [-0.3, -0.25) is 0 Å². The largest absolute Gasteiger partial charge is 0.494 e. The summed E-state index contributed by atoms with van der Waals surface area (Å²) in [5.74, 6) is 0.755. The molecular formula is C24H32N4O4Si. The van der Waals surface area contributed by atoms with E-state index in [1.807, 2.05) is 48.0 Å². The number of carbonyl (C=O) groups is 1. The van der Waals surface area contributed by atoms with Crippen molar-refractivity contribution >= 4 is 25.1 Å². The van der Waals surface area contributed by atoms with Crippen LogP contribution < -0.4 is 10.1 Å². The van der Waals surface area contributed by atoms with Crippen LogP contribution in [-0.4, -0.2) is 48.7 Å². The number of hydrogen-bond donors (Lipinski definition) is 1. The molecule has 0 saturated heterocycles. The van der Waals surface area contributed by atoms with E-state index in [4.69, 9.17) is 24.3 Å². The number of pyridine rings is 1. The molecule has 1 aromatic carbocycles. The normalized spacial score (nSPS) is 17.1. The molecule has 2 aromatic heterocycles. The van der Waals surface area contributed by atoms with Gasteiger partial charge in [0.05, 0.1) is 29.2 Å². The van der Waals surface area contributed by atoms with E-state index in [2.05, 4.69) is 25.0 Å². The Morgan fingerprint density at radius 1 is 1.24 bits per heavy atom. The highest BCUT2D eigenvalue weighted by Crippen LogP contribution is 2.32. The Morgan fingerprint density at radius 2 is 2.09 bits per heavy atom. The zero-order valence-corrected chi connectivity index (χ0v) is 20.8. The van der Waals surface area contributed by atoms with E-state index >= 15 is 0 Å². The first-order valence-electron chi connectivity index (χ1n) is 11.4. The lowest BCUT2D eigenvalue weighted by Gasteiger charge is -2.16. The summed E-state index contributed by atoms with van der Waals surface area (Å²) in [6.45, 7) is 10.8. The van der Waals surface area contributed by atoms with E-state index in [9.17, 15) is 4.79 Å². The number of amides is 1. The molecule has 4 bridgehead atoms. The molecule has 0 saturated carbocycles. The third kappa shape index (κ3) is 5.91. The highest BCUT2D eigenvalue weighted by Gasteiger charge is 2.19. The van der Waals surface area contributed by atoms with Crippen LogP contribution in [0.3, 0.4) is 0 Å². The topological polar surface area (TPSA) is 87.5 Å². The first-order chi connectivity index (χ1) is 15.8. The van der Waals surface area contributed by atoms with Crippen molar-refractivity contribution in [1.82, 2.24) is 20.1 Å². The fourth-order valence-electron chi connectivity index (χ4n) is 3.62. The van der Waals surface area contributed by atoms with Gasteiger partial charge >= 0.3 is 6.09 Å². The number of nitrogens with zero attached hydrogens (tertiary/aromatic N) is 3. The molecule has 1 atom stereocenters. The molecule has 1 aliphatic rings. The Labute approximate surface area is 195 Å². The fraction of sp³-hybridized carbons (Fsp3) is 0.458. The van der Waals surface area contributed by atoms with Gasteiger partial charge in [-0.15, -0.1) is 0 Å². The highest BCUT2D eigenvalue weighted by atomic mass is 28.3. The average molecular weight is 469 g/mol. The number of benzene rings is 1. The van der Waals surface area contributed by atoms with Gasteiger partial charge in [-0.2, -0.15) is 5.10 Å². The van der Waals surface area contributed by atoms with E-state index in [1.54, 1.807) is 0 Å². The van der Waals surface area contributed by atoms with Gasteiger partial charge in [-0.25, -0.2) is 14.5 Å². The van der Waals surface area contributed by atoms with E-state index in [0.717, 1.165) is 34.1 Å². The van der Waals surface area contributed by atoms with Crippen molar-refractivity contribution in [2.75, 3.05) is 19.8 Å².